The molecular weight excluding hydrogens is 388 g/mol. The standard InChI is InChI=1S/C22H24N2O4S/c1-15-8-9-20-17(14-28-22(20)16(15)2)12-21(25)23-18-6-5-7-19(13-18)29(26,27)24-10-3-4-11-24/h5-9,13-14H,3-4,10-12H2,1-2H3,(H,23,25). The molecule has 0 unspecified atom stereocenters. The van der Waals surface area contributed by atoms with E-state index in [9.17, 15) is 13.2 Å². The highest BCUT2D eigenvalue weighted by Gasteiger charge is 2.27. The van der Waals surface area contributed by atoms with Gasteiger partial charge in [-0.25, -0.2) is 8.42 Å². The Hall–Kier alpha value is -2.64. The Kier molecular flexibility index (Phi) is 5.19. The van der Waals surface area contributed by atoms with Gasteiger partial charge in [0.15, 0.2) is 0 Å². The fourth-order valence-corrected chi connectivity index (χ4v) is 5.28. The molecule has 0 spiro atoms. The summed E-state index contributed by atoms with van der Waals surface area (Å²) < 4.78 is 32.6. The number of aryl methyl sites for hydroxylation is 2. The van der Waals surface area contributed by atoms with Crippen LogP contribution in [0.15, 0.2) is 52.0 Å². The number of carbonyl (C=O) groups is 1. The Balaban J connectivity index is 1.51. The number of hydrogen-bond donors (Lipinski definition) is 1. The average Bonchev–Trinajstić information content (AvgIpc) is 3.36. The van der Waals surface area contributed by atoms with Crippen LogP contribution in [0.5, 0.6) is 0 Å². The van der Waals surface area contributed by atoms with Crippen LogP contribution in [0.4, 0.5) is 5.69 Å². The van der Waals surface area contributed by atoms with Crippen molar-refractivity contribution < 1.29 is 17.6 Å². The number of fused-ring (bicyclic) bond motifs is 1. The zero-order valence-electron chi connectivity index (χ0n) is 16.6. The molecule has 7 heteroatoms. The van der Waals surface area contributed by atoms with Crippen molar-refractivity contribution in [1.82, 2.24) is 4.31 Å². The third-order valence-corrected chi connectivity index (χ3v) is 7.41. The van der Waals surface area contributed by atoms with Gasteiger partial charge in [0.2, 0.25) is 15.9 Å². The van der Waals surface area contributed by atoms with Gasteiger partial charge >= 0.3 is 0 Å². The highest BCUT2D eigenvalue weighted by Crippen LogP contribution is 2.27. The van der Waals surface area contributed by atoms with E-state index in [1.54, 1.807) is 24.5 Å². The van der Waals surface area contributed by atoms with Crippen LogP contribution in [0.1, 0.15) is 29.5 Å². The second-order valence-electron chi connectivity index (χ2n) is 7.51. The van der Waals surface area contributed by atoms with Crippen LogP contribution in [0.2, 0.25) is 0 Å². The molecule has 2 aromatic carbocycles. The van der Waals surface area contributed by atoms with Gasteiger partial charge in [-0.3, -0.25) is 4.79 Å². The Bertz CT molecular complexity index is 1170. The number of hydrogen-bond acceptors (Lipinski definition) is 4. The number of nitrogens with one attached hydrogen (secondary N) is 1. The first-order valence-electron chi connectivity index (χ1n) is 9.72. The molecule has 4 rings (SSSR count). The first-order chi connectivity index (χ1) is 13.9. The first-order valence-corrected chi connectivity index (χ1v) is 11.2. The van der Waals surface area contributed by atoms with Crippen LogP contribution in [0.25, 0.3) is 11.0 Å². The summed E-state index contributed by atoms with van der Waals surface area (Å²) in [5.74, 6) is -0.221. The molecule has 1 aliphatic rings. The molecule has 1 amide bonds. The predicted molar refractivity (Wildman–Crippen MR) is 112 cm³/mol. The minimum absolute atomic E-state index is 0.151. The van der Waals surface area contributed by atoms with Gasteiger partial charge in [-0.2, -0.15) is 4.31 Å². The summed E-state index contributed by atoms with van der Waals surface area (Å²) in [5.41, 5.74) is 4.27. The van der Waals surface area contributed by atoms with Gasteiger partial charge in [0, 0.05) is 29.7 Å². The van der Waals surface area contributed by atoms with Crippen molar-refractivity contribution in [3.63, 3.8) is 0 Å². The summed E-state index contributed by atoms with van der Waals surface area (Å²) in [6.45, 7) is 5.11. The number of amides is 1. The van der Waals surface area contributed by atoms with E-state index in [-0.39, 0.29) is 17.2 Å². The van der Waals surface area contributed by atoms with Crippen molar-refractivity contribution in [2.24, 2.45) is 0 Å². The maximum atomic E-state index is 12.7. The Labute approximate surface area is 170 Å². The number of anilines is 1. The van der Waals surface area contributed by atoms with Crippen LogP contribution >= 0.6 is 0 Å². The Morgan fingerprint density at radius 3 is 2.66 bits per heavy atom. The molecule has 2 heterocycles. The van der Waals surface area contributed by atoms with Crippen LogP contribution in [0.3, 0.4) is 0 Å². The van der Waals surface area contributed by atoms with E-state index < -0.39 is 10.0 Å². The second kappa shape index (κ2) is 7.65. The number of carbonyl (C=O) groups excluding carboxylic acids is 1. The lowest BCUT2D eigenvalue weighted by Gasteiger charge is -2.16. The molecule has 152 valence electrons. The molecule has 0 aliphatic carbocycles. The molecule has 0 saturated carbocycles. The third kappa shape index (κ3) is 3.80. The van der Waals surface area contributed by atoms with Gasteiger partial charge in [-0.1, -0.05) is 18.2 Å². The lowest BCUT2D eigenvalue weighted by Crippen LogP contribution is -2.28. The molecule has 1 aromatic heterocycles. The van der Waals surface area contributed by atoms with Crippen LogP contribution in [-0.2, 0) is 21.2 Å². The van der Waals surface area contributed by atoms with Crippen molar-refractivity contribution in [3.8, 4) is 0 Å². The quantitative estimate of drug-likeness (QED) is 0.687. The summed E-state index contributed by atoms with van der Waals surface area (Å²) in [4.78, 5) is 12.8. The Morgan fingerprint density at radius 2 is 1.90 bits per heavy atom. The first kappa shape index (κ1) is 19.7. The highest BCUT2D eigenvalue weighted by molar-refractivity contribution is 7.89. The maximum absolute atomic E-state index is 12.7. The normalized spacial score (nSPS) is 15.1. The van der Waals surface area contributed by atoms with Crippen LogP contribution in [0, 0.1) is 13.8 Å². The van der Waals surface area contributed by atoms with Gasteiger partial charge in [0.25, 0.3) is 0 Å². The average molecular weight is 413 g/mol. The lowest BCUT2D eigenvalue weighted by atomic mass is 10.0. The fraction of sp³-hybridized carbons (Fsp3) is 0.318. The van der Waals surface area contributed by atoms with Crippen molar-refractivity contribution in [2.75, 3.05) is 18.4 Å². The number of sulfonamides is 1. The minimum Gasteiger partial charge on any atom is -0.464 e. The molecule has 6 nitrogen and oxygen atoms in total. The minimum atomic E-state index is -3.52. The molecule has 1 fully saturated rings. The van der Waals surface area contributed by atoms with Crippen LogP contribution in [-0.4, -0.2) is 31.7 Å². The van der Waals surface area contributed by atoms with Gasteiger partial charge in [0.1, 0.15) is 5.58 Å². The van der Waals surface area contributed by atoms with E-state index in [2.05, 4.69) is 5.32 Å². The summed E-state index contributed by atoms with van der Waals surface area (Å²) >= 11 is 0. The molecular formula is C22H24N2O4S. The van der Waals surface area contributed by atoms with Crippen molar-refractivity contribution in [2.45, 2.75) is 38.0 Å². The summed E-state index contributed by atoms with van der Waals surface area (Å²) in [7, 11) is -3.52. The second-order valence-corrected chi connectivity index (χ2v) is 9.45. The number of nitrogens with zero attached hydrogens (tertiary/aromatic N) is 1. The zero-order valence-corrected chi connectivity index (χ0v) is 17.4. The smallest absolute Gasteiger partial charge is 0.243 e. The third-order valence-electron chi connectivity index (χ3n) is 5.51. The maximum Gasteiger partial charge on any atom is 0.243 e. The van der Waals surface area contributed by atoms with E-state index >= 15 is 0 Å². The molecule has 0 atom stereocenters. The van der Waals surface area contributed by atoms with Crippen molar-refractivity contribution >= 4 is 32.6 Å². The molecule has 3 aromatic rings. The summed E-state index contributed by atoms with van der Waals surface area (Å²) in [6, 6.07) is 10.4. The van der Waals surface area contributed by atoms with E-state index in [0.29, 0.717) is 18.8 Å². The Morgan fingerprint density at radius 1 is 1.14 bits per heavy atom. The summed E-state index contributed by atoms with van der Waals surface area (Å²) in [5, 5.41) is 3.74. The molecule has 1 saturated heterocycles. The zero-order chi connectivity index (χ0) is 20.6. The number of furan rings is 1. The monoisotopic (exact) mass is 412 g/mol. The van der Waals surface area contributed by atoms with Gasteiger partial charge in [-0.05, 0) is 56.0 Å². The molecule has 0 radical (unpaired) electrons. The van der Waals surface area contributed by atoms with E-state index in [1.165, 1.54) is 10.4 Å². The van der Waals surface area contributed by atoms with Gasteiger partial charge in [-0.15, -0.1) is 0 Å². The van der Waals surface area contributed by atoms with Gasteiger partial charge < -0.3 is 9.73 Å². The molecule has 1 aliphatic heterocycles. The van der Waals surface area contributed by atoms with E-state index in [1.807, 2.05) is 26.0 Å². The SMILES string of the molecule is Cc1ccc2c(CC(=O)Nc3cccc(S(=O)(=O)N4CCCC4)c3)coc2c1C. The fourth-order valence-electron chi connectivity index (χ4n) is 3.72. The van der Waals surface area contributed by atoms with Crippen LogP contribution < -0.4 is 5.32 Å². The molecule has 0 bridgehead atoms. The molecule has 29 heavy (non-hydrogen) atoms. The van der Waals surface area contributed by atoms with Crippen molar-refractivity contribution in [3.05, 3.63) is 59.4 Å². The predicted octanol–water partition coefficient (Wildman–Crippen LogP) is 4.02. The van der Waals surface area contributed by atoms with Crippen molar-refractivity contribution in [1.29, 1.82) is 0 Å². The number of benzene rings is 2. The van der Waals surface area contributed by atoms with Gasteiger partial charge in [0.05, 0.1) is 17.6 Å². The van der Waals surface area contributed by atoms with E-state index in [0.717, 1.165) is 40.5 Å². The highest BCUT2D eigenvalue weighted by atomic mass is 32.2. The molecule has 1 N–H and O–H groups in total. The summed E-state index contributed by atoms with van der Waals surface area (Å²) in [6.07, 6.45) is 3.53. The largest absolute Gasteiger partial charge is 0.464 e. The lowest BCUT2D eigenvalue weighted by molar-refractivity contribution is -0.115. The van der Waals surface area contributed by atoms with E-state index in [4.69, 9.17) is 4.42 Å². The topological polar surface area (TPSA) is 79.6 Å². The number of rotatable bonds is 5.